The average Bonchev–Trinajstić information content (AvgIpc) is 3.01. The number of ether oxygens (including phenoxy) is 1. The van der Waals surface area contributed by atoms with Crippen LogP contribution in [0.2, 0.25) is 0 Å². The Morgan fingerprint density at radius 1 is 1.28 bits per heavy atom. The molecule has 0 bridgehead atoms. The van der Waals surface area contributed by atoms with E-state index < -0.39 is 0 Å². The highest BCUT2D eigenvalue weighted by atomic mass is 16.5. The van der Waals surface area contributed by atoms with Crippen molar-refractivity contribution in [1.82, 2.24) is 19.9 Å². The van der Waals surface area contributed by atoms with Crippen LogP contribution in [0, 0.1) is 20.8 Å². The molecule has 1 saturated heterocycles. The molecule has 2 heterocycles. The summed E-state index contributed by atoms with van der Waals surface area (Å²) in [5, 5.41) is 3.85. The zero-order valence-corrected chi connectivity index (χ0v) is 15.2. The number of carbonyl (C=O) groups excluding carboxylic acids is 1. The summed E-state index contributed by atoms with van der Waals surface area (Å²) >= 11 is 0. The molecular formula is C18H24N4O3. The molecule has 0 aliphatic carbocycles. The van der Waals surface area contributed by atoms with Crippen LogP contribution in [0.15, 0.2) is 22.7 Å². The maximum Gasteiger partial charge on any atom is 0.260 e. The predicted octanol–water partition coefficient (Wildman–Crippen LogP) is 1.89. The van der Waals surface area contributed by atoms with Crippen molar-refractivity contribution in [1.29, 1.82) is 0 Å². The van der Waals surface area contributed by atoms with Crippen LogP contribution in [0.5, 0.6) is 5.75 Å². The number of para-hydroxylation sites is 1. The summed E-state index contributed by atoms with van der Waals surface area (Å²) in [6, 6.07) is 5.86. The molecule has 1 aliphatic rings. The van der Waals surface area contributed by atoms with Crippen molar-refractivity contribution in [2.75, 3.05) is 33.3 Å². The summed E-state index contributed by atoms with van der Waals surface area (Å²) in [6.07, 6.45) is 0. The first-order valence-electron chi connectivity index (χ1n) is 8.43. The lowest BCUT2D eigenvalue weighted by Crippen LogP contribution is -2.50. The van der Waals surface area contributed by atoms with Gasteiger partial charge >= 0.3 is 0 Å². The zero-order valence-electron chi connectivity index (χ0n) is 15.2. The van der Waals surface area contributed by atoms with Gasteiger partial charge in [-0.05, 0) is 38.9 Å². The van der Waals surface area contributed by atoms with Gasteiger partial charge in [-0.3, -0.25) is 9.69 Å². The molecule has 3 rings (SSSR count). The lowest BCUT2D eigenvalue weighted by Gasteiger charge is -2.37. The van der Waals surface area contributed by atoms with E-state index in [2.05, 4.69) is 15.0 Å². The quantitative estimate of drug-likeness (QED) is 0.843. The summed E-state index contributed by atoms with van der Waals surface area (Å²) in [6.45, 7) is 7.72. The van der Waals surface area contributed by atoms with Crippen LogP contribution in [-0.4, -0.2) is 59.1 Å². The van der Waals surface area contributed by atoms with E-state index in [-0.39, 0.29) is 18.6 Å². The Morgan fingerprint density at radius 3 is 2.64 bits per heavy atom. The van der Waals surface area contributed by atoms with Gasteiger partial charge in [0.2, 0.25) is 5.89 Å². The number of aromatic nitrogens is 2. The molecule has 0 saturated carbocycles. The van der Waals surface area contributed by atoms with Crippen molar-refractivity contribution in [2.45, 2.75) is 26.8 Å². The fourth-order valence-electron chi connectivity index (χ4n) is 3.07. The van der Waals surface area contributed by atoms with Gasteiger partial charge < -0.3 is 14.2 Å². The minimum Gasteiger partial charge on any atom is -0.483 e. The van der Waals surface area contributed by atoms with E-state index in [1.165, 1.54) is 0 Å². The van der Waals surface area contributed by atoms with Crippen molar-refractivity contribution in [3.05, 3.63) is 41.0 Å². The van der Waals surface area contributed by atoms with E-state index in [9.17, 15) is 4.79 Å². The zero-order chi connectivity index (χ0) is 18.0. The van der Waals surface area contributed by atoms with Crippen molar-refractivity contribution < 1.29 is 14.1 Å². The fourth-order valence-corrected chi connectivity index (χ4v) is 3.07. The van der Waals surface area contributed by atoms with Gasteiger partial charge in [0.1, 0.15) is 11.8 Å². The van der Waals surface area contributed by atoms with Crippen molar-refractivity contribution >= 4 is 5.91 Å². The van der Waals surface area contributed by atoms with E-state index in [0.29, 0.717) is 24.8 Å². The number of nitrogens with zero attached hydrogens (tertiary/aromatic N) is 4. The smallest absolute Gasteiger partial charge is 0.260 e. The van der Waals surface area contributed by atoms with Crippen LogP contribution < -0.4 is 4.74 Å². The van der Waals surface area contributed by atoms with Crippen molar-refractivity contribution in [3.63, 3.8) is 0 Å². The van der Waals surface area contributed by atoms with Crippen molar-refractivity contribution in [3.8, 4) is 5.75 Å². The van der Waals surface area contributed by atoms with Crippen LogP contribution >= 0.6 is 0 Å². The van der Waals surface area contributed by atoms with Gasteiger partial charge in [-0.2, -0.15) is 4.98 Å². The summed E-state index contributed by atoms with van der Waals surface area (Å²) in [7, 11) is 2.00. The lowest BCUT2D eigenvalue weighted by atomic mass is 10.1. The number of piperazine rings is 1. The number of carbonyl (C=O) groups is 1. The van der Waals surface area contributed by atoms with E-state index in [0.717, 1.165) is 23.4 Å². The molecule has 1 fully saturated rings. The number of rotatable bonds is 4. The predicted molar refractivity (Wildman–Crippen MR) is 92.4 cm³/mol. The molecule has 7 nitrogen and oxygen atoms in total. The Hall–Kier alpha value is -2.41. The minimum atomic E-state index is -0.0842. The topological polar surface area (TPSA) is 71.7 Å². The van der Waals surface area contributed by atoms with Gasteiger partial charge in [0.05, 0.1) is 0 Å². The molecule has 134 valence electrons. The first-order valence-corrected chi connectivity index (χ1v) is 8.43. The second kappa shape index (κ2) is 7.23. The van der Waals surface area contributed by atoms with Gasteiger partial charge in [0.15, 0.2) is 12.4 Å². The third-order valence-electron chi connectivity index (χ3n) is 4.58. The van der Waals surface area contributed by atoms with Crippen molar-refractivity contribution in [2.24, 2.45) is 0 Å². The van der Waals surface area contributed by atoms with Gasteiger partial charge in [0.25, 0.3) is 5.91 Å². The summed E-state index contributed by atoms with van der Waals surface area (Å²) in [4.78, 5) is 20.8. The lowest BCUT2D eigenvalue weighted by molar-refractivity contribution is -0.136. The highest BCUT2D eigenvalue weighted by Crippen LogP contribution is 2.24. The number of benzene rings is 1. The molecule has 0 spiro atoms. The number of amides is 1. The number of hydrogen-bond donors (Lipinski definition) is 0. The van der Waals surface area contributed by atoms with Gasteiger partial charge in [-0.15, -0.1) is 0 Å². The second-order valence-corrected chi connectivity index (χ2v) is 6.53. The SMILES string of the molecule is Cc1noc(C2CN(C(=O)COc3c(C)cccc3C)CCN2C)n1. The molecule has 1 atom stereocenters. The van der Waals surface area contributed by atoms with Gasteiger partial charge in [-0.25, -0.2) is 0 Å². The van der Waals surface area contributed by atoms with Crippen LogP contribution in [0.25, 0.3) is 0 Å². The van der Waals surface area contributed by atoms with Crippen LogP contribution in [-0.2, 0) is 4.79 Å². The Kier molecular flexibility index (Phi) is 5.03. The largest absolute Gasteiger partial charge is 0.483 e. The first-order chi connectivity index (χ1) is 12.0. The molecular weight excluding hydrogens is 320 g/mol. The number of hydrogen-bond acceptors (Lipinski definition) is 6. The monoisotopic (exact) mass is 344 g/mol. The maximum atomic E-state index is 12.6. The van der Waals surface area contributed by atoms with Gasteiger partial charge in [-0.1, -0.05) is 23.4 Å². The molecule has 7 heteroatoms. The Balaban J connectivity index is 1.64. The van der Waals surface area contributed by atoms with E-state index >= 15 is 0 Å². The minimum absolute atomic E-state index is 0.0306. The maximum absolute atomic E-state index is 12.6. The van der Waals surface area contributed by atoms with E-state index in [1.54, 1.807) is 11.8 Å². The molecule has 1 aromatic heterocycles. The molecule has 0 radical (unpaired) electrons. The third-order valence-corrected chi connectivity index (χ3v) is 4.58. The molecule has 1 unspecified atom stereocenters. The average molecular weight is 344 g/mol. The summed E-state index contributed by atoms with van der Waals surface area (Å²) in [5.74, 6) is 1.91. The standard InChI is InChI=1S/C18H24N4O3/c1-12-6-5-7-13(2)17(12)24-11-16(23)22-9-8-21(4)15(10-22)18-19-14(3)20-25-18/h5-7,15H,8-11H2,1-4H3. The normalized spacial score (nSPS) is 18.4. The highest BCUT2D eigenvalue weighted by Gasteiger charge is 2.32. The molecule has 2 aromatic rings. The fraction of sp³-hybridized carbons (Fsp3) is 0.500. The van der Waals surface area contributed by atoms with E-state index in [4.69, 9.17) is 9.26 Å². The molecule has 1 aromatic carbocycles. The second-order valence-electron chi connectivity index (χ2n) is 6.53. The molecule has 1 amide bonds. The highest BCUT2D eigenvalue weighted by molar-refractivity contribution is 5.78. The van der Waals surface area contributed by atoms with Gasteiger partial charge in [0, 0.05) is 19.6 Å². The Bertz CT molecular complexity index is 738. The number of likely N-dealkylation sites (N-methyl/N-ethyl adjacent to an activating group) is 1. The first kappa shape index (κ1) is 17.4. The summed E-state index contributed by atoms with van der Waals surface area (Å²) in [5.41, 5.74) is 2.07. The molecule has 0 N–H and O–H groups in total. The Labute approximate surface area is 147 Å². The Morgan fingerprint density at radius 2 is 2.00 bits per heavy atom. The number of aryl methyl sites for hydroxylation is 3. The summed E-state index contributed by atoms with van der Waals surface area (Å²) < 4.78 is 11.1. The van der Waals surface area contributed by atoms with E-state index in [1.807, 2.05) is 39.1 Å². The molecule has 1 aliphatic heterocycles. The van der Waals surface area contributed by atoms with Crippen LogP contribution in [0.4, 0.5) is 0 Å². The third kappa shape index (κ3) is 3.82. The van der Waals surface area contributed by atoms with Crippen LogP contribution in [0.3, 0.4) is 0 Å². The van der Waals surface area contributed by atoms with Crippen LogP contribution in [0.1, 0.15) is 28.9 Å². The molecule has 25 heavy (non-hydrogen) atoms.